The lowest BCUT2D eigenvalue weighted by Crippen LogP contribution is -2.20. The number of carbonyl (C=O) groups is 1. The average Bonchev–Trinajstić information content (AvgIpc) is 3.40. The van der Waals surface area contributed by atoms with Crippen LogP contribution in [0, 0.1) is 0 Å². The normalized spacial score (nSPS) is 15.7. The Hall–Kier alpha value is -4.32. The fourth-order valence-corrected chi connectivity index (χ4v) is 4.32. The van der Waals surface area contributed by atoms with Crippen molar-refractivity contribution in [2.75, 3.05) is 25.2 Å². The van der Waals surface area contributed by atoms with E-state index in [-0.39, 0.29) is 5.91 Å². The molecule has 4 aromatic rings. The summed E-state index contributed by atoms with van der Waals surface area (Å²) in [6.45, 7) is 1.06. The molecular formula is C27H21N3O3. The monoisotopic (exact) mass is 435 g/mol. The van der Waals surface area contributed by atoms with E-state index in [0.29, 0.717) is 24.5 Å². The first-order chi connectivity index (χ1) is 16.2. The average molecular weight is 435 g/mol. The third-order valence-corrected chi connectivity index (χ3v) is 5.97. The molecule has 1 amide bonds. The van der Waals surface area contributed by atoms with Crippen LogP contribution in [0.25, 0.3) is 28.6 Å². The van der Waals surface area contributed by atoms with E-state index in [9.17, 15) is 4.79 Å². The lowest BCUT2D eigenvalue weighted by molar-refractivity contribution is -0.112. The highest BCUT2D eigenvalue weighted by Crippen LogP contribution is 2.39. The van der Waals surface area contributed by atoms with Crippen LogP contribution in [-0.4, -0.2) is 35.9 Å². The number of likely N-dealkylation sites (N-methyl/N-ethyl adjacent to an activating group) is 1. The van der Waals surface area contributed by atoms with Gasteiger partial charge in [-0.3, -0.25) is 4.79 Å². The fraction of sp³-hybridized carbons (Fsp3) is 0.111. The Bertz CT molecular complexity index is 1410. The zero-order valence-corrected chi connectivity index (χ0v) is 18.1. The van der Waals surface area contributed by atoms with Gasteiger partial charge in [0.1, 0.15) is 18.9 Å². The van der Waals surface area contributed by atoms with Gasteiger partial charge >= 0.3 is 0 Å². The highest BCUT2D eigenvalue weighted by atomic mass is 16.6. The molecule has 0 fully saturated rings. The van der Waals surface area contributed by atoms with Crippen LogP contribution in [-0.2, 0) is 4.79 Å². The van der Waals surface area contributed by atoms with E-state index in [1.807, 2.05) is 89.8 Å². The summed E-state index contributed by atoms with van der Waals surface area (Å²) in [5.74, 6) is 1.40. The van der Waals surface area contributed by atoms with Crippen LogP contribution in [0.15, 0.2) is 79.0 Å². The summed E-state index contributed by atoms with van der Waals surface area (Å²) in [6, 6.07) is 23.6. The molecule has 1 aromatic heterocycles. The molecule has 3 heterocycles. The minimum Gasteiger partial charge on any atom is -0.486 e. The first kappa shape index (κ1) is 19.4. The van der Waals surface area contributed by atoms with Crippen molar-refractivity contribution in [3.8, 4) is 28.4 Å². The van der Waals surface area contributed by atoms with E-state index in [2.05, 4.69) is 0 Å². The zero-order valence-electron chi connectivity index (χ0n) is 18.1. The summed E-state index contributed by atoms with van der Waals surface area (Å²) in [7, 11) is 1.80. The van der Waals surface area contributed by atoms with Gasteiger partial charge in [-0.1, -0.05) is 36.4 Å². The second kappa shape index (κ2) is 7.67. The number of anilines is 1. The van der Waals surface area contributed by atoms with E-state index >= 15 is 0 Å². The molecule has 0 spiro atoms. The number of hydrogen-bond donors (Lipinski definition) is 0. The Balaban J connectivity index is 1.53. The second-order valence-electron chi connectivity index (χ2n) is 8.01. The second-order valence-corrected chi connectivity index (χ2v) is 8.01. The van der Waals surface area contributed by atoms with Gasteiger partial charge in [0.25, 0.3) is 5.91 Å². The van der Waals surface area contributed by atoms with Crippen molar-refractivity contribution in [2.24, 2.45) is 0 Å². The van der Waals surface area contributed by atoms with Gasteiger partial charge in [0.15, 0.2) is 11.5 Å². The molecule has 0 N–H and O–H groups in total. The molecule has 0 saturated carbocycles. The Morgan fingerprint density at radius 2 is 1.67 bits per heavy atom. The molecule has 162 valence electrons. The van der Waals surface area contributed by atoms with E-state index in [4.69, 9.17) is 14.6 Å². The van der Waals surface area contributed by atoms with Gasteiger partial charge in [-0.15, -0.1) is 0 Å². The molecule has 6 heteroatoms. The molecule has 0 bridgehead atoms. The molecule has 2 aliphatic heterocycles. The molecule has 0 saturated heterocycles. The van der Waals surface area contributed by atoms with Gasteiger partial charge < -0.3 is 14.4 Å². The summed E-state index contributed by atoms with van der Waals surface area (Å²) in [6.07, 6.45) is 3.89. The molecule has 2 aliphatic rings. The highest BCUT2D eigenvalue weighted by molar-refractivity contribution is 6.35. The Kier molecular flexibility index (Phi) is 4.50. The van der Waals surface area contributed by atoms with Crippen molar-refractivity contribution in [3.05, 3.63) is 90.1 Å². The third kappa shape index (κ3) is 3.27. The van der Waals surface area contributed by atoms with Crippen LogP contribution < -0.4 is 14.4 Å². The number of fused-ring (bicyclic) bond motifs is 2. The van der Waals surface area contributed by atoms with Crippen molar-refractivity contribution < 1.29 is 14.3 Å². The predicted octanol–water partition coefficient (Wildman–Crippen LogP) is 4.83. The van der Waals surface area contributed by atoms with Crippen molar-refractivity contribution in [1.82, 2.24) is 9.78 Å². The van der Waals surface area contributed by atoms with Gasteiger partial charge in [0, 0.05) is 35.5 Å². The van der Waals surface area contributed by atoms with Gasteiger partial charge in [0.2, 0.25) is 0 Å². The first-order valence-corrected chi connectivity index (χ1v) is 10.8. The molecule has 33 heavy (non-hydrogen) atoms. The van der Waals surface area contributed by atoms with Gasteiger partial charge in [0.05, 0.1) is 11.4 Å². The van der Waals surface area contributed by atoms with Crippen LogP contribution in [0.3, 0.4) is 0 Å². The standard InChI is InChI=1S/C27H21N3O3/c1-29-23-10-6-5-9-21(23)22(27(29)31)15-19-17-30(20-7-3-2-4-8-20)28-26(19)18-11-12-24-25(16-18)33-14-13-32-24/h2-12,15-17H,13-14H2,1H3. The van der Waals surface area contributed by atoms with E-state index in [1.165, 1.54) is 0 Å². The molecule has 6 rings (SSSR count). The van der Waals surface area contributed by atoms with Gasteiger partial charge in [-0.25, -0.2) is 4.68 Å². The molecule has 0 radical (unpaired) electrons. The maximum absolute atomic E-state index is 13.1. The van der Waals surface area contributed by atoms with Gasteiger partial charge in [-0.2, -0.15) is 5.10 Å². The number of hydrogen-bond acceptors (Lipinski definition) is 4. The topological polar surface area (TPSA) is 56.6 Å². The number of rotatable bonds is 3. The SMILES string of the molecule is CN1C(=O)C(=Cc2cn(-c3ccccc3)nc2-c2ccc3c(c2)OCCO3)c2ccccc21. The number of para-hydroxylation sites is 2. The molecule has 6 nitrogen and oxygen atoms in total. The number of benzene rings is 3. The van der Waals surface area contributed by atoms with E-state index < -0.39 is 0 Å². The largest absolute Gasteiger partial charge is 0.486 e. The van der Waals surface area contributed by atoms with Gasteiger partial charge in [-0.05, 0) is 42.5 Å². The van der Waals surface area contributed by atoms with Crippen LogP contribution in [0.4, 0.5) is 5.69 Å². The Morgan fingerprint density at radius 3 is 2.52 bits per heavy atom. The molecule has 3 aromatic carbocycles. The highest BCUT2D eigenvalue weighted by Gasteiger charge is 2.29. The maximum Gasteiger partial charge on any atom is 0.258 e. The molecule has 0 unspecified atom stereocenters. The fourth-order valence-electron chi connectivity index (χ4n) is 4.32. The molecular weight excluding hydrogens is 414 g/mol. The van der Waals surface area contributed by atoms with Crippen molar-refractivity contribution in [2.45, 2.75) is 0 Å². The van der Waals surface area contributed by atoms with Crippen LogP contribution >= 0.6 is 0 Å². The van der Waals surface area contributed by atoms with Crippen molar-refractivity contribution in [3.63, 3.8) is 0 Å². The molecule has 0 aliphatic carbocycles. The summed E-state index contributed by atoms with van der Waals surface area (Å²) in [4.78, 5) is 14.8. The minimum atomic E-state index is -0.0308. The number of ether oxygens (including phenoxy) is 2. The van der Waals surface area contributed by atoms with Crippen molar-refractivity contribution >= 4 is 23.2 Å². The lowest BCUT2D eigenvalue weighted by atomic mass is 10.0. The number of amides is 1. The molecule has 0 atom stereocenters. The zero-order chi connectivity index (χ0) is 22.4. The summed E-state index contributed by atoms with van der Waals surface area (Å²) in [5, 5.41) is 4.89. The van der Waals surface area contributed by atoms with E-state index in [1.54, 1.807) is 11.9 Å². The third-order valence-electron chi connectivity index (χ3n) is 5.97. The number of nitrogens with zero attached hydrogens (tertiary/aromatic N) is 3. The van der Waals surface area contributed by atoms with Crippen molar-refractivity contribution in [1.29, 1.82) is 0 Å². The summed E-state index contributed by atoms with van der Waals surface area (Å²) >= 11 is 0. The van der Waals surface area contributed by atoms with Crippen LogP contribution in [0.2, 0.25) is 0 Å². The Morgan fingerprint density at radius 1 is 0.909 bits per heavy atom. The lowest BCUT2D eigenvalue weighted by Gasteiger charge is -2.18. The number of carbonyl (C=O) groups excluding carboxylic acids is 1. The smallest absolute Gasteiger partial charge is 0.258 e. The Labute approximate surface area is 191 Å². The quantitative estimate of drug-likeness (QED) is 0.433. The summed E-state index contributed by atoms with van der Waals surface area (Å²) in [5.41, 5.74) is 5.94. The maximum atomic E-state index is 13.1. The number of aromatic nitrogens is 2. The first-order valence-electron chi connectivity index (χ1n) is 10.8. The summed E-state index contributed by atoms with van der Waals surface area (Å²) < 4.78 is 13.3. The minimum absolute atomic E-state index is 0.0308. The van der Waals surface area contributed by atoms with Crippen LogP contribution in [0.5, 0.6) is 11.5 Å². The predicted molar refractivity (Wildman–Crippen MR) is 128 cm³/mol. The van der Waals surface area contributed by atoms with Crippen LogP contribution in [0.1, 0.15) is 11.1 Å². The van der Waals surface area contributed by atoms with E-state index in [0.717, 1.165) is 39.5 Å².